The van der Waals surface area contributed by atoms with Crippen molar-refractivity contribution in [1.29, 1.82) is 0 Å². The van der Waals surface area contributed by atoms with Gasteiger partial charge in [-0.3, -0.25) is 0 Å². The van der Waals surface area contributed by atoms with Crippen molar-refractivity contribution in [2.45, 2.75) is 0 Å². The van der Waals surface area contributed by atoms with Crippen LogP contribution in [0.25, 0.3) is 0 Å². The molecule has 0 heterocycles. The Hall–Kier alpha value is 2.96. The standard InChI is InChI=1S/CH4O.3Na.3H/c1-2;;;;;;/h2H,1H3;;;;;;. The summed E-state index contributed by atoms with van der Waals surface area (Å²) in [6, 6.07) is 0. The van der Waals surface area contributed by atoms with Crippen molar-refractivity contribution < 1.29 is 5.11 Å². The van der Waals surface area contributed by atoms with Gasteiger partial charge in [0, 0.05) is 7.11 Å². The van der Waals surface area contributed by atoms with Gasteiger partial charge in [-0.2, -0.15) is 0 Å². The monoisotopic (exact) mass is 104 g/mol. The molecule has 1 nitrogen and oxygen atoms in total. The van der Waals surface area contributed by atoms with Crippen molar-refractivity contribution in [2.75, 3.05) is 7.11 Å². The molecular formula is CH7Na3O. The molecule has 0 aliphatic carbocycles. The molecule has 0 aliphatic rings. The van der Waals surface area contributed by atoms with Crippen LogP contribution in [0.2, 0.25) is 0 Å². The zero-order chi connectivity index (χ0) is 2.00. The van der Waals surface area contributed by atoms with Crippen LogP contribution >= 0.6 is 0 Å². The summed E-state index contributed by atoms with van der Waals surface area (Å²) in [4.78, 5) is 0. The van der Waals surface area contributed by atoms with Gasteiger partial charge in [0.1, 0.15) is 0 Å². The van der Waals surface area contributed by atoms with Crippen LogP contribution in [-0.4, -0.2) is 101 Å². The molecule has 0 rings (SSSR count). The second-order valence-electron chi connectivity index (χ2n) is 0. The molecule has 0 fully saturated rings. The van der Waals surface area contributed by atoms with E-state index in [1.807, 2.05) is 0 Å². The maximum atomic E-state index is 7.00. The SMILES string of the molecule is CO.[NaH].[NaH].[NaH]. The molecule has 0 unspecified atom stereocenters. The minimum atomic E-state index is 0. The van der Waals surface area contributed by atoms with Crippen molar-refractivity contribution in [3.8, 4) is 0 Å². The Morgan fingerprint density at radius 2 is 0.800 bits per heavy atom. The molecule has 1 N–H and O–H groups in total. The van der Waals surface area contributed by atoms with Crippen LogP contribution in [0.1, 0.15) is 0 Å². The summed E-state index contributed by atoms with van der Waals surface area (Å²) in [5.74, 6) is 0. The topological polar surface area (TPSA) is 20.2 Å². The van der Waals surface area contributed by atoms with E-state index in [9.17, 15) is 0 Å². The van der Waals surface area contributed by atoms with Crippen LogP contribution in [0.3, 0.4) is 0 Å². The third-order valence-electron chi connectivity index (χ3n) is 0. The first-order valence-corrected chi connectivity index (χ1v) is 0.447. The summed E-state index contributed by atoms with van der Waals surface area (Å²) in [5, 5.41) is 7.00. The van der Waals surface area contributed by atoms with E-state index in [2.05, 4.69) is 0 Å². The average molecular weight is 104 g/mol. The van der Waals surface area contributed by atoms with Crippen LogP contribution < -0.4 is 0 Å². The van der Waals surface area contributed by atoms with E-state index in [-0.39, 0.29) is 88.7 Å². The van der Waals surface area contributed by atoms with Gasteiger partial charge in [-0.25, -0.2) is 0 Å². The summed E-state index contributed by atoms with van der Waals surface area (Å²) < 4.78 is 0. The van der Waals surface area contributed by atoms with E-state index in [4.69, 9.17) is 5.11 Å². The van der Waals surface area contributed by atoms with E-state index in [0.29, 0.717) is 0 Å². The fraction of sp³-hybridized carbons (Fsp3) is 1.00. The molecule has 0 atom stereocenters. The normalized spacial score (nSPS) is 1.20. The summed E-state index contributed by atoms with van der Waals surface area (Å²) in [6.45, 7) is 0. The van der Waals surface area contributed by atoms with Gasteiger partial charge in [0.05, 0.1) is 0 Å². The Kier molecular flexibility index (Phi) is 139. The zero-order valence-electron chi connectivity index (χ0n) is 1.45. The molecule has 0 aromatic carbocycles. The summed E-state index contributed by atoms with van der Waals surface area (Å²) in [7, 11) is 1.00. The number of aliphatic hydroxyl groups excluding tert-OH is 1. The molecule has 5 heavy (non-hydrogen) atoms. The van der Waals surface area contributed by atoms with Gasteiger partial charge in [0.25, 0.3) is 0 Å². The van der Waals surface area contributed by atoms with Crippen LogP contribution in [0.5, 0.6) is 0 Å². The van der Waals surface area contributed by atoms with Gasteiger partial charge >= 0.3 is 88.7 Å². The van der Waals surface area contributed by atoms with Crippen LogP contribution in [0.15, 0.2) is 0 Å². The van der Waals surface area contributed by atoms with E-state index in [1.54, 1.807) is 0 Å². The van der Waals surface area contributed by atoms with Gasteiger partial charge in [0.15, 0.2) is 0 Å². The van der Waals surface area contributed by atoms with Crippen molar-refractivity contribution >= 4 is 88.7 Å². The van der Waals surface area contributed by atoms with Gasteiger partial charge in [-0.15, -0.1) is 0 Å². The van der Waals surface area contributed by atoms with Gasteiger partial charge in [-0.05, 0) is 0 Å². The third-order valence-corrected chi connectivity index (χ3v) is 0. The molecule has 0 aromatic heterocycles. The van der Waals surface area contributed by atoms with Crippen LogP contribution in [0, 0.1) is 0 Å². The predicted molar refractivity (Wildman–Crippen MR) is 29.6 cm³/mol. The first-order chi connectivity index (χ1) is 1.00. The van der Waals surface area contributed by atoms with E-state index in [0.717, 1.165) is 7.11 Å². The average Bonchev–Trinajstić information content (AvgIpc) is 1.00. The predicted octanol–water partition coefficient (Wildman–Crippen LogP) is -2.34. The zero-order valence-corrected chi connectivity index (χ0v) is 1.45. The Morgan fingerprint density at radius 1 is 0.800 bits per heavy atom. The first kappa shape index (κ1) is 24.6. The van der Waals surface area contributed by atoms with Crippen molar-refractivity contribution in [1.82, 2.24) is 0 Å². The van der Waals surface area contributed by atoms with Gasteiger partial charge < -0.3 is 5.11 Å². The third kappa shape index (κ3) is 19.5. The minimum absolute atomic E-state index is 0. The summed E-state index contributed by atoms with van der Waals surface area (Å²) >= 11 is 0. The molecule has 0 bridgehead atoms. The molecule has 4 heteroatoms. The fourth-order valence-electron chi connectivity index (χ4n) is 0. The van der Waals surface area contributed by atoms with Gasteiger partial charge in [-0.1, -0.05) is 0 Å². The number of aliphatic hydroxyl groups is 1. The quantitative estimate of drug-likeness (QED) is 0.341. The number of hydrogen-bond acceptors (Lipinski definition) is 1. The molecular weight excluding hydrogens is 97.0 g/mol. The molecule has 0 radical (unpaired) electrons. The van der Waals surface area contributed by atoms with E-state index >= 15 is 0 Å². The Balaban J connectivity index is -0.00000000167. The molecule has 0 aromatic rings. The Labute approximate surface area is 98.8 Å². The van der Waals surface area contributed by atoms with Crippen LogP contribution in [-0.2, 0) is 0 Å². The number of rotatable bonds is 0. The number of hydrogen-bond donors (Lipinski definition) is 1. The van der Waals surface area contributed by atoms with E-state index in [1.165, 1.54) is 0 Å². The van der Waals surface area contributed by atoms with E-state index < -0.39 is 0 Å². The molecule has 0 saturated heterocycles. The fourth-order valence-corrected chi connectivity index (χ4v) is 0. The summed E-state index contributed by atoms with van der Waals surface area (Å²) in [6.07, 6.45) is 0. The van der Waals surface area contributed by atoms with Crippen molar-refractivity contribution in [3.05, 3.63) is 0 Å². The molecule has 0 spiro atoms. The van der Waals surface area contributed by atoms with Crippen LogP contribution in [0.4, 0.5) is 0 Å². The maximum absolute atomic E-state index is 7.00. The Bertz CT molecular complexity index is 6.85. The Morgan fingerprint density at radius 3 is 0.800 bits per heavy atom. The van der Waals surface area contributed by atoms with Gasteiger partial charge in [0.2, 0.25) is 0 Å². The molecule has 20 valence electrons. The molecule has 0 saturated carbocycles. The summed E-state index contributed by atoms with van der Waals surface area (Å²) in [5.41, 5.74) is 0. The van der Waals surface area contributed by atoms with Crippen molar-refractivity contribution in [3.63, 3.8) is 0 Å². The first-order valence-electron chi connectivity index (χ1n) is 0.447. The molecule has 0 aliphatic heterocycles. The van der Waals surface area contributed by atoms with Crippen molar-refractivity contribution in [2.24, 2.45) is 0 Å². The second-order valence-corrected chi connectivity index (χ2v) is 0. The molecule has 0 amide bonds. The second kappa shape index (κ2) is 28.2.